The van der Waals surface area contributed by atoms with E-state index in [4.69, 9.17) is 9.47 Å². The van der Waals surface area contributed by atoms with Gasteiger partial charge >= 0.3 is 0 Å². The maximum absolute atomic E-state index is 6.16. The topological polar surface area (TPSA) is 30.5 Å². The quantitative estimate of drug-likeness (QED) is 0.878. The molecular formula is C21H25NO2. The molecule has 2 heterocycles. The Labute approximate surface area is 144 Å². The lowest BCUT2D eigenvalue weighted by Gasteiger charge is -2.43. The second kappa shape index (κ2) is 6.58. The highest BCUT2D eigenvalue weighted by Gasteiger charge is 2.41. The van der Waals surface area contributed by atoms with Crippen molar-refractivity contribution in [3.63, 3.8) is 0 Å². The molecule has 126 valence electrons. The fourth-order valence-electron chi connectivity index (χ4n) is 3.75. The van der Waals surface area contributed by atoms with E-state index in [-0.39, 0.29) is 18.2 Å². The highest BCUT2D eigenvalue weighted by Crippen LogP contribution is 2.45. The predicted octanol–water partition coefficient (Wildman–Crippen LogP) is 4.82. The number of hydrogen-bond donors (Lipinski definition) is 1. The Morgan fingerprint density at radius 3 is 2.67 bits per heavy atom. The number of nitrogens with one attached hydrogen (secondary N) is 1. The molecule has 3 heteroatoms. The Bertz CT molecular complexity index is 700. The lowest BCUT2D eigenvalue weighted by Crippen LogP contribution is -2.43. The zero-order chi connectivity index (χ0) is 16.5. The fraction of sp³-hybridized carbons (Fsp3) is 0.429. The van der Waals surface area contributed by atoms with E-state index in [0.717, 1.165) is 6.42 Å². The summed E-state index contributed by atoms with van der Waals surface area (Å²) in [5, 5.41) is 3.69. The summed E-state index contributed by atoms with van der Waals surface area (Å²) in [5.74, 6) is 0.560. The number of rotatable bonds is 3. The number of fused-ring (bicyclic) bond motifs is 3. The smallest absolute Gasteiger partial charge is 0.113 e. The highest BCUT2D eigenvalue weighted by molar-refractivity contribution is 5.59. The van der Waals surface area contributed by atoms with Gasteiger partial charge in [-0.15, -0.1) is 0 Å². The fourth-order valence-corrected chi connectivity index (χ4v) is 3.75. The van der Waals surface area contributed by atoms with Crippen molar-refractivity contribution in [1.82, 2.24) is 0 Å². The molecular weight excluding hydrogens is 298 g/mol. The van der Waals surface area contributed by atoms with Crippen LogP contribution in [-0.2, 0) is 9.47 Å². The summed E-state index contributed by atoms with van der Waals surface area (Å²) in [7, 11) is 0. The van der Waals surface area contributed by atoms with Crippen LogP contribution in [0, 0.1) is 0 Å². The van der Waals surface area contributed by atoms with Crippen molar-refractivity contribution in [1.29, 1.82) is 0 Å². The normalized spacial score (nSPS) is 26.8. The van der Waals surface area contributed by atoms with E-state index < -0.39 is 0 Å². The van der Waals surface area contributed by atoms with Crippen LogP contribution in [0.3, 0.4) is 0 Å². The molecule has 0 saturated carbocycles. The van der Waals surface area contributed by atoms with E-state index in [1.165, 1.54) is 22.4 Å². The minimum Gasteiger partial charge on any atom is -0.375 e. The third-order valence-corrected chi connectivity index (χ3v) is 5.35. The second-order valence-electron chi connectivity index (χ2n) is 6.82. The van der Waals surface area contributed by atoms with Gasteiger partial charge in [0.1, 0.15) is 12.2 Å². The third kappa shape index (κ3) is 2.72. The van der Waals surface area contributed by atoms with Gasteiger partial charge in [-0.2, -0.15) is 0 Å². The molecule has 4 rings (SSSR count). The van der Waals surface area contributed by atoms with Gasteiger partial charge in [0.2, 0.25) is 0 Å². The zero-order valence-electron chi connectivity index (χ0n) is 14.4. The van der Waals surface area contributed by atoms with Crippen molar-refractivity contribution in [2.24, 2.45) is 0 Å². The summed E-state index contributed by atoms with van der Waals surface area (Å²) in [6.07, 6.45) is 1.16. The number of ether oxygens (including phenoxy) is 2. The van der Waals surface area contributed by atoms with Crippen LogP contribution in [-0.4, -0.2) is 19.3 Å². The van der Waals surface area contributed by atoms with E-state index in [0.29, 0.717) is 19.1 Å². The summed E-state index contributed by atoms with van der Waals surface area (Å²) in [6, 6.07) is 17.4. The maximum Gasteiger partial charge on any atom is 0.113 e. The molecule has 2 aliphatic rings. The van der Waals surface area contributed by atoms with E-state index in [1.54, 1.807) is 0 Å². The van der Waals surface area contributed by atoms with Crippen molar-refractivity contribution in [2.45, 2.75) is 44.4 Å². The molecule has 1 saturated heterocycles. The van der Waals surface area contributed by atoms with Crippen molar-refractivity contribution < 1.29 is 9.47 Å². The van der Waals surface area contributed by atoms with Crippen LogP contribution in [0.1, 0.15) is 55.0 Å². The molecule has 1 N–H and O–H groups in total. The lowest BCUT2D eigenvalue weighted by atomic mass is 9.85. The first kappa shape index (κ1) is 15.7. The van der Waals surface area contributed by atoms with Gasteiger partial charge in [0.25, 0.3) is 0 Å². The van der Waals surface area contributed by atoms with E-state index in [9.17, 15) is 0 Å². The molecule has 2 aliphatic heterocycles. The van der Waals surface area contributed by atoms with Gasteiger partial charge in [-0.3, -0.25) is 0 Å². The molecule has 4 unspecified atom stereocenters. The standard InChI is InChI=1S/C21H25NO2/c1-3-14(2)16-9-10-18-17(13-16)20-21(24-12-11-23-20)19(22-18)15-7-5-4-6-8-15/h4-10,13-14,19-22H,3,11-12H2,1-2H3. The average molecular weight is 323 g/mol. The van der Waals surface area contributed by atoms with Gasteiger partial charge < -0.3 is 14.8 Å². The lowest BCUT2D eigenvalue weighted by molar-refractivity contribution is -0.151. The van der Waals surface area contributed by atoms with Gasteiger partial charge in [0.05, 0.1) is 19.3 Å². The summed E-state index contributed by atoms with van der Waals surface area (Å²) >= 11 is 0. The average Bonchev–Trinajstić information content (AvgIpc) is 2.67. The van der Waals surface area contributed by atoms with Crippen LogP contribution in [0.25, 0.3) is 0 Å². The monoisotopic (exact) mass is 323 g/mol. The highest BCUT2D eigenvalue weighted by atomic mass is 16.6. The molecule has 0 bridgehead atoms. The summed E-state index contributed by atoms with van der Waals surface area (Å²) in [4.78, 5) is 0. The molecule has 0 amide bonds. The first-order chi connectivity index (χ1) is 11.8. The minimum atomic E-state index is 0.00390. The summed E-state index contributed by atoms with van der Waals surface area (Å²) < 4.78 is 12.3. The minimum absolute atomic E-state index is 0.00390. The Hall–Kier alpha value is -1.84. The Morgan fingerprint density at radius 2 is 1.88 bits per heavy atom. The summed E-state index contributed by atoms with van der Waals surface area (Å²) in [6.45, 7) is 5.83. The van der Waals surface area contributed by atoms with Gasteiger partial charge in [-0.25, -0.2) is 0 Å². The van der Waals surface area contributed by atoms with Crippen molar-refractivity contribution in [3.8, 4) is 0 Å². The molecule has 0 spiro atoms. The molecule has 24 heavy (non-hydrogen) atoms. The van der Waals surface area contributed by atoms with Crippen molar-refractivity contribution in [3.05, 3.63) is 65.2 Å². The van der Waals surface area contributed by atoms with Gasteiger partial charge in [0, 0.05) is 11.3 Å². The molecule has 2 aromatic rings. The molecule has 0 aliphatic carbocycles. The van der Waals surface area contributed by atoms with E-state index in [2.05, 4.69) is 61.6 Å². The molecule has 0 aromatic heterocycles. The SMILES string of the molecule is CCC(C)c1ccc2c(c1)C1OCCOC1C(c1ccccc1)N2. The van der Waals surface area contributed by atoms with E-state index >= 15 is 0 Å². The van der Waals surface area contributed by atoms with Crippen LogP contribution in [0.5, 0.6) is 0 Å². The molecule has 4 atom stereocenters. The Kier molecular flexibility index (Phi) is 4.30. The number of hydrogen-bond acceptors (Lipinski definition) is 3. The van der Waals surface area contributed by atoms with Crippen molar-refractivity contribution >= 4 is 5.69 Å². The molecule has 3 nitrogen and oxygen atoms in total. The van der Waals surface area contributed by atoms with Gasteiger partial charge in [-0.1, -0.05) is 56.3 Å². The van der Waals surface area contributed by atoms with Crippen LogP contribution < -0.4 is 5.32 Å². The van der Waals surface area contributed by atoms with E-state index in [1.807, 2.05) is 6.07 Å². The van der Waals surface area contributed by atoms with Gasteiger partial charge in [0.15, 0.2) is 0 Å². The van der Waals surface area contributed by atoms with Crippen molar-refractivity contribution in [2.75, 3.05) is 18.5 Å². The van der Waals surface area contributed by atoms with Crippen LogP contribution in [0.15, 0.2) is 48.5 Å². The first-order valence-corrected chi connectivity index (χ1v) is 8.96. The van der Waals surface area contributed by atoms with Crippen LogP contribution in [0.4, 0.5) is 5.69 Å². The first-order valence-electron chi connectivity index (χ1n) is 8.96. The number of benzene rings is 2. The molecule has 0 radical (unpaired) electrons. The Balaban J connectivity index is 1.74. The maximum atomic E-state index is 6.16. The third-order valence-electron chi connectivity index (χ3n) is 5.35. The van der Waals surface area contributed by atoms with Gasteiger partial charge in [-0.05, 0) is 29.5 Å². The molecule has 2 aromatic carbocycles. The van der Waals surface area contributed by atoms with Crippen LogP contribution in [0.2, 0.25) is 0 Å². The number of anilines is 1. The summed E-state index contributed by atoms with van der Waals surface area (Å²) in [5.41, 5.74) is 5.03. The zero-order valence-corrected chi connectivity index (χ0v) is 14.4. The largest absolute Gasteiger partial charge is 0.375 e. The second-order valence-corrected chi connectivity index (χ2v) is 6.82. The van der Waals surface area contributed by atoms with Crippen LogP contribution >= 0.6 is 0 Å². The predicted molar refractivity (Wildman–Crippen MR) is 96.4 cm³/mol. The Morgan fingerprint density at radius 1 is 1.08 bits per heavy atom. The molecule has 1 fully saturated rings.